The Labute approximate surface area is 186 Å². The average molecular weight is 594 g/mol. The molecule has 0 aromatic heterocycles. The minimum atomic E-state index is 0.509. The van der Waals surface area contributed by atoms with Gasteiger partial charge in [0.05, 0.1) is 0 Å². The molecular weight excluding hydrogens is 566 g/mol. The van der Waals surface area contributed by atoms with E-state index in [2.05, 4.69) is 100 Å². The molecule has 0 spiro atoms. The number of nitrogens with zero attached hydrogens (tertiary/aromatic N) is 3. The van der Waals surface area contributed by atoms with Crippen LogP contribution in [0.2, 0.25) is 0 Å². The molecule has 0 saturated heterocycles. The van der Waals surface area contributed by atoms with E-state index in [9.17, 15) is 0 Å². The van der Waals surface area contributed by atoms with Crippen LogP contribution < -0.4 is 0 Å². The van der Waals surface area contributed by atoms with Crippen LogP contribution >= 0.6 is 24.4 Å². The standard InChI is InChI=1S/C7H15N.2C3H7NS2.2CO.W/c1-6(2)8(5)7(3)4;2*1-4(2)3(5)6;2*1-2;/h5-7H,1-4H3;2*1-2H3,(H,5,6);;;/p-2. The van der Waals surface area contributed by atoms with E-state index in [1.54, 1.807) is 9.80 Å². The number of hydrogen-bond acceptors (Lipinski definition) is 5. The Hall–Kier alpha value is 0.218. The Morgan fingerprint density at radius 2 is 1.00 bits per heavy atom. The van der Waals surface area contributed by atoms with Crippen molar-refractivity contribution in [3.8, 4) is 0 Å². The van der Waals surface area contributed by atoms with Gasteiger partial charge in [-0.2, -0.15) is 0 Å². The van der Waals surface area contributed by atoms with Crippen molar-refractivity contribution in [1.82, 2.24) is 14.7 Å². The first-order chi connectivity index (χ1) is 11.4. The van der Waals surface area contributed by atoms with Gasteiger partial charge in [0.15, 0.2) is 0 Å². The van der Waals surface area contributed by atoms with Gasteiger partial charge in [0.25, 0.3) is 0 Å². The van der Waals surface area contributed by atoms with Crippen molar-refractivity contribution in [2.24, 2.45) is 0 Å². The van der Waals surface area contributed by atoms with Gasteiger partial charge in [-0.1, -0.05) is 8.64 Å². The van der Waals surface area contributed by atoms with Crippen molar-refractivity contribution in [3.05, 3.63) is 13.3 Å². The van der Waals surface area contributed by atoms with E-state index in [0.29, 0.717) is 20.7 Å². The summed E-state index contributed by atoms with van der Waals surface area (Å²) in [7, 11) is 7.31. The monoisotopic (exact) mass is 593 g/mol. The average Bonchev–Trinajstić information content (AvgIpc) is 2.52. The van der Waals surface area contributed by atoms with E-state index in [4.69, 9.17) is 9.30 Å². The summed E-state index contributed by atoms with van der Waals surface area (Å²) in [5.41, 5.74) is 0. The van der Waals surface area contributed by atoms with Crippen LogP contribution in [-0.4, -0.2) is 68.1 Å². The fraction of sp³-hybridized carbons (Fsp3) is 0.667. The Morgan fingerprint density at radius 1 is 0.840 bits per heavy atom. The maximum absolute atomic E-state index is 7.50. The molecule has 146 valence electrons. The van der Waals surface area contributed by atoms with Crippen molar-refractivity contribution in [2.75, 3.05) is 28.2 Å². The first kappa shape index (κ1) is 36.2. The van der Waals surface area contributed by atoms with Gasteiger partial charge in [0.1, 0.15) is 0 Å². The van der Waals surface area contributed by atoms with E-state index >= 15 is 0 Å². The first-order valence-electron chi connectivity index (χ1n) is 6.78. The normalized spacial score (nSPS) is 7.96. The van der Waals surface area contributed by atoms with Crippen molar-refractivity contribution in [2.45, 2.75) is 39.8 Å². The summed E-state index contributed by atoms with van der Waals surface area (Å²) in [6.45, 7) is 17.9. The van der Waals surface area contributed by atoms with Crippen LogP contribution in [0.15, 0.2) is 0 Å². The van der Waals surface area contributed by atoms with Crippen LogP contribution in [0.4, 0.5) is 0 Å². The summed E-state index contributed by atoms with van der Waals surface area (Å²) >= 11 is 19.8. The van der Waals surface area contributed by atoms with Crippen molar-refractivity contribution >= 4 is 62.9 Å². The molecule has 0 aliphatic rings. The zero-order valence-corrected chi connectivity index (χ0v) is 22.1. The van der Waals surface area contributed by atoms with Crippen LogP contribution in [0, 0.1) is 13.3 Å². The Bertz CT molecular complexity index is 355. The minimum absolute atomic E-state index is 0.509. The zero-order valence-electron chi connectivity index (χ0n) is 15.9. The maximum atomic E-state index is 7.50. The molecule has 0 N–H and O–H groups in total. The Balaban J connectivity index is -0.0000000742. The van der Waals surface area contributed by atoms with E-state index in [1.165, 1.54) is 19.4 Å². The molecular formula is C15H27N3O2S4W-2. The summed E-state index contributed by atoms with van der Waals surface area (Å²) in [5.74, 6) is 0. The van der Waals surface area contributed by atoms with Crippen molar-refractivity contribution in [1.29, 1.82) is 0 Å². The third-order valence-electron chi connectivity index (χ3n) is 2.04. The summed E-state index contributed by atoms with van der Waals surface area (Å²) in [6, 6.07) is 1.31. The number of rotatable bonds is 3. The van der Waals surface area contributed by atoms with Gasteiger partial charge in [0, 0.05) is 28.2 Å². The fourth-order valence-electron chi connectivity index (χ4n) is 0.840. The second kappa shape index (κ2) is 26.4. The van der Waals surface area contributed by atoms with E-state index < -0.39 is 0 Å². The van der Waals surface area contributed by atoms with Gasteiger partial charge in [-0.15, -0.1) is 0 Å². The Morgan fingerprint density at radius 3 is 1.00 bits per heavy atom. The van der Waals surface area contributed by atoms with Crippen LogP contribution in [0.3, 0.4) is 0 Å². The molecule has 0 amide bonds. The molecule has 0 fully saturated rings. The van der Waals surface area contributed by atoms with Gasteiger partial charge in [-0.05, 0) is 0 Å². The second-order valence-electron chi connectivity index (χ2n) is 5.06. The molecule has 0 radical (unpaired) electrons. The van der Waals surface area contributed by atoms with Crippen LogP contribution in [0.1, 0.15) is 27.7 Å². The molecule has 0 bridgehead atoms. The van der Waals surface area contributed by atoms with Gasteiger partial charge in [-0.25, -0.2) is 0 Å². The topological polar surface area (TPSA) is 49.5 Å². The number of thiocarbonyl (C=S) groups is 2. The summed E-state index contributed by atoms with van der Waals surface area (Å²) < 4.78 is 18.2. The SMILES string of the molecule is CC(C)N([CH]=[W])C(C)C.CN(C)C(=S)[S-].CN(C)C(=S)[S-].[C-]#[O+].[C-]#[O+]. The van der Waals surface area contributed by atoms with Gasteiger partial charge in [0.2, 0.25) is 0 Å². The molecule has 0 heterocycles. The fourth-order valence-corrected chi connectivity index (χ4v) is 2.59. The predicted octanol–water partition coefficient (Wildman–Crippen LogP) is 2.10. The number of hydrogen-bond donors (Lipinski definition) is 0. The van der Waals surface area contributed by atoms with E-state index in [0.717, 1.165) is 0 Å². The second-order valence-corrected chi connectivity index (χ2v) is 7.88. The van der Waals surface area contributed by atoms with E-state index in [-0.39, 0.29) is 0 Å². The van der Waals surface area contributed by atoms with Crippen molar-refractivity contribution < 1.29 is 28.7 Å². The van der Waals surface area contributed by atoms with Gasteiger partial charge < -0.3 is 59.5 Å². The van der Waals surface area contributed by atoms with Gasteiger partial charge in [-0.3, -0.25) is 0 Å². The third-order valence-corrected chi connectivity index (χ3v) is 4.38. The van der Waals surface area contributed by atoms with Crippen LogP contribution in [0.25, 0.3) is 0 Å². The molecule has 0 aromatic carbocycles. The molecule has 5 nitrogen and oxygen atoms in total. The van der Waals surface area contributed by atoms with Crippen LogP contribution in [-0.2, 0) is 53.9 Å². The molecule has 10 heteroatoms. The molecule has 0 aliphatic heterocycles. The van der Waals surface area contributed by atoms with Crippen molar-refractivity contribution in [3.63, 3.8) is 0 Å². The van der Waals surface area contributed by atoms with Crippen LogP contribution in [0.5, 0.6) is 0 Å². The molecule has 0 unspecified atom stereocenters. The molecule has 0 rings (SSSR count). The zero-order chi connectivity index (χ0) is 21.7. The molecule has 0 saturated carbocycles. The third kappa shape index (κ3) is 36.0. The molecule has 0 aliphatic carbocycles. The molecule has 25 heavy (non-hydrogen) atoms. The van der Waals surface area contributed by atoms with E-state index in [1.807, 2.05) is 28.2 Å². The summed E-state index contributed by atoms with van der Waals surface area (Å²) in [4.78, 5) is 5.80. The predicted molar refractivity (Wildman–Crippen MR) is 113 cm³/mol. The Kier molecular flexibility index (Phi) is 38.3. The van der Waals surface area contributed by atoms with Gasteiger partial charge >= 0.3 is 91.2 Å². The molecule has 0 aromatic rings. The molecule has 0 atom stereocenters. The summed E-state index contributed by atoms with van der Waals surface area (Å²) in [6.07, 6.45) is 0. The first-order valence-corrected chi connectivity index (χ1v) is 10.1. The quantitative estimate of drug-likeness (QED) is 0.215. The summed E-state index contributed by atoms with van der Waals surface area (Å²) in [5, 5.41) is 0.